The highest BCUT2D eigenvalue weighted by molar-refractivity contribution is 6.13. The third-order valence-electron chi connectivity index (χ3n) is 4.14. The average molecular weight is 693 g/mol. The van der Waals surface area contributed by atoms with Crippen molar-refractivity contribution in [1.82, 2.24) is 10.6 Å². The van der Waals surface area contributed by atoms with Crippen LogP contribution in [-0.4, -0.2) is 40.7 Å². The van der Waals surface area contributed by atoms with Gasteiger partial charge in [-0.3, -0.25) is 14.6 Å². The molecule has 0 spiro atoms. The van der Waals surface area contributed by atoms with Crippen molar-refractivity contribution in [2.45, 2.75) is 64.7 Å². The molecule has 0 bridgehead atoms. The number of halogens is 6. The van der Waals surface area contributed by atoms with E-state index in [2.05, 4.69) is 15.6 Å². The smallest absolute Gasteiger partial charge is 0.259 e. The monoisotopic (exact) mass is 690 g/mol. The molecule has 2 aromatic rings. The van der Waals surface area contributed by atoms with Crippen LogP contribution in [-0.2, 0) is 9.59 Å². The van der Waals surface area contributed by atoms with E-state index in [0.29, 0.717) is 5.71 Å². The Bertz CT molecular complexity index is 1070. The summed E-state index contributed by atoms with van der Waals surface area (Å²) in [5, 5.41) is 23.1. The maximum atomic E-state index is 12.3. The third-order valence-corrected chi connectivity index (χ3v) is 4.14. The molecule has 0 aliphatic rings. The summed E-state index contributed by atoms with van der Waals surface area (Å²) in [5.41, 5.74) is 6.77. The quantitative estimate of drug-likeness (QED) is 0.349. The molecular weight excluding hydrogens is 653 g/mol. The second kappa shape index (κ2) is 24.3. The van der Waals surface area contributed by atoms with Crippen molar-refractivity contribution in [3.05, 3.63) is 71.8 Å². The normalized spacial score (nSPS) is 10.6. The molecule has 8 nitrogen and oxygen atoms in total. The number of hydrogen-bond donors (Lipinski definition) is 3. The molecule has 2 amide bonds. The number of carbonyl (C=O) groups excluding carboxylic acids is 2. The molecule has 4 N–H and O–H groups in total. The maximum Gasteiger partial charge on any atom is 0.259 e. The van der Waals surface area contributed by atoms with Crippen LogP contribution in [0.4, 0.5) is 0 Å². The fourth-order valence-electron chi connectivity index (χ4n) is 2.73. The Labute approximate surface area is 280 Å². The zero-order valence-corrected chi connectivity index (χ0v) is 28.5. The lowest BCUT2D eigenvalue weighted by Crippen LogP contribution is -2.48. The Morgan fingerprint density at radius 1 is 0.683 bits per heavy atom. The van der Waals surface area contributed by atoms with E-state index in [1.807, 2.05) is 108 Å². The predicted octanol–water partition coefficient (Wildman–Crippen LogP) is 5.61. The van der Waals surface area contributed by atoms with Gasteiger partial charge in [0.25, 0.3) is 11.8 Å². The number of nitrogens with two attached hydrogens (primary N) is 1. The molecule has 232 valence electrons. The summed E-state index contributed by atoms with van der Waals surface area (Å²) >= 11 is 0. The topological polar surface area (TPSA) is 144 Å². The molecule has 2 aromatic carbocycles. The molecule has 2 atom stereocenters. The van der Waals surface area contributed by atoms with E-state index < -0.39 is 29.4 Å². The van der Waals surface area contributed by atoms with Gasteiger partial charge in [-0.05, 0) is 41.5 Å². The Balaban J connectivity index is -0.000000158. The van der Waals surface area contributed by atoms with E-state index in [4.69, 9.17) is 11.0 Å². The van der Waals surface area contributed by atoms with Gasteiger partial charge in [-0.2, -0.15) is 10.5 Å². The first-order chi connectivity index (χ1) is 16.3. The number of hydrogen-bond acceptors (Lipinski definition) is 6. The van der Waals surface area contributed by atoms with E-state index in [9.17, 15) is 14.9 Å². The van der Waals surface area contributed by atoms with Crippen LogP contribution in [0.1, 0.15) is 52.7 Å². The first-order valence-electron chi connectivity index (χ1n) is 11.1. The average Bonchev–Trinajstić information content (AvgIpc) is 2.78. The first kappa shape index (κ1) is 51.5. The van der Waals surface area contributed by atoms with Crippen LogP contribution in [0.25, 0.3) is 0 Å². The SMILES string of the molecule is CC(C)(C)NC(=O)C(C#N)N=C(c1ccccc1)c1ccccc1.CC(C)(C)NC(=O)C(N)C#N.Cl.Cl.Cl.Cl.Cl.Cl. The van der Waals surface area contributed by atoms with Gasteiger partial charge in [-0.25, -0.2) is 0 Å². The molecule has 0 heterocycles. The van der Waals surface area contributed by atoms with Gasteiger partial charge in [0.15, 0.2) is 6.04 Å². The number of nitrogens with zero attached hydrogens (tertiary/aromatic N) is 3. The Morgan fingerprint density at radius 3 is 1.32 bits per heavy atom. The van der Waals surface area contributed by atoms with E-state index in [-0.39, 0.29) is 80.0 Å². The van der Waals surface area contributed by atoms with E-state index in [1.54, 1.807) is 6.07 Å². The number of carbonyl (C=O) groups is 2. The predicted molar refractivity (Wildman–Crippen MR) is 181 cm³/mol. The highest BCUT2D eigenvalue weighted by Crippen LogP contribution is 2.13. The molecule has 41 heavy (non-hydrogen) atoms. The minimum Gasteiger partial charge on any atom is -0.349 e. The second-order valence-electron chi connectivity index (χ2n) is 9.83. The minimum absolute atomic E-state index is 0. The van der Waals surface area contributed by atoms with Crippen LogP contribution < -0.4 is 16.4 Å². The summed E-state index contributed by atoms with van der Waals surface area (Å²) in [7, 11) is 0. The lowest BCUT2D eigenvalue weighted by molar-refractivity contribution is -0.123. The van der Waals surface area contributed by atoms with Crippen molar-refractivity contribution in [1.29, 1.82) is 10.5 Å². The number of rotatable bonds is 5. The van der Waals surface area contributed by atoms with Gasteiger partial charge in [-0.1, -0.05) is 60.7 Å². The molecule has 0 saturated heterocycles. The van der Waals surface area contributed by atoms with Gasteiger partial charge < -0.3 is 16.4 Å². The van der Waals surface area contributed by atoms with Crippen LogP contribution in [0, 0.1) is 22.7 Å². The molecule has 14 heteroatoms. The van der Waals surface area contributed by atoms with E-state index >= 15 is 0 Å². The minimum atomic E-state index is -1.10. The first-order valence-corrected chi connectivity index (χ1v) is 11.1. The van der Waals surface area contributed by atoms with Crippen molar-refractivity contribution < 1.29 is 9.59 Å². The molecule has 0 saturated carbocycles. The molecule has 0 radical (unpaired) electrons. The van der Waals surface area contributed by atoms with Crippen molar-refractivity contribution in [3.8, 4) is 12.1 Å². The number of amides is 2. The van der Waals surface area contributed by atoms with Crippen LogP contribution >= 0.6 is 74.4 Å². The molecule has 2 rings (SSSR count). The number of benzene rings is 2. The maximum absolute atomic E-state index is 12.3. The highest BCUT2D eigenvalue weighted by Gasteiger charge is 2.23. The van der Waals surface area contributed by atoms with Gasteiger partial charge in [0.2, 0.25) is 6.04 Å². The molecule has 2 unspecified atom stereocenters. The van der Waals surface area contributed by atoms with Crippen molar-refractivity contribution in [3.63, 3.8) is 0 Å². The zero-order chi connectivity index (χ0) is 26.6. The van der Waals surface area contributed by atoms with Crippen molar-refractivity contribution >= 4 is 92.0 Å². The Morgan fingerprint density at radius 2 is 1.02 bits per heavy atom. The van der Waals surface area contributed by atoms with E-state index in [0.717, 1.165) is 11.1 Å². The molecule has 0 aliphatic heterocycles. The fraction of sp³-hybridized carbons (Fsp3) is 0.370. The summed E-state index contributed by atoms with van der Waals surface area (Å²) < 4.78 is 0. The zero-order valence-electron chi connectivity index (χ0n) is 23.6. The van der Waals surface area contributed by atoms with Crippen molar-refractivity contribution in [2.24, 2.45) is 10.7 Å². The Kier molecular flexibility index (Phi) is 30.6. The summed E-state index contributed by atoms with van der Waals surface area (Å²) in [6, 6.07) is 20.6. The fourth-order valence-corrected chi connectivity index (χ4v) is 2.73. The van der Waals surface area contributed by atoms with Crippen LogP contribution in [0.2, 0.25) is 0 Å². The third kappa shape index (κ3) is 21.1. The lowest BCUT2D eigenvalue weighted by Gasteiger charge is -2.21. The molecular formula is C27H40Cl6N6O2. The number of aliphatic imine (C=N–C) groups is 1. The van der Waals surface area contributed by atoms with Crippen LogP contribution in [0.15, 0.2) is 65.7 Å². The van der Waals surface area contributed by atoms with Gasteiger partial charge in [0.05, 0.1) is 17.9 Å². The lowest BCUT2D eigenvalue weighted by atomic mass is 10.0. The largest absolute Gasteiger partial charge is 0.349 e. The summed E-state index contributed by atoms with van der Waals surface area (Å²) in [5.74, 6) is -0.825. The number of nitriles is 2. The van der Waals surface area contributed by atoms with Gasteiger partial charge in [-0.15, -0.1) is 74.4 Å². The standard InChI is InChI=1S/C20H21N3O.C7H13N3O.6ClH/c1-20(2,3)23-19(24)17(14-21)22-18(15-10-6-4-7-11-15)16-12-8-5-9-13-16;1-7(2,3)10-6(11)5(9)4-8;;;;;;/h4-13,17H,1-3H3,(H,23,24);5H,9H2,1-3H3,(H,10,11);6*1H. The molecule has 0 fully saturated rings. The van der Waals surface area contributed by atoms with Crippen LogP contribution in [0.5, 0.6) is 0 Å². The summed E-state index contributed by atoms with van der Waals surface area (Å²) in [4.78, 5) is 27.7. The highest BCUT2D eigenvalue weighted by atomic mass is 35.5. The van der Waals surface area contributed by atoms with Gasteiger partial charge >= 0.3 is 0 Å². The molecule has 0 aliphatic carbocycles. The van der Waals surface area contributed by atoms with Gasteiger partial charge in [0.1, 0.15) is 0 Å². The summed E-state index contributed by atoms with van der Waals surface area (Å²) in [6.45, 7) is 11.1. The molecule has 0 aromatic heterocycles. The second-order valence-corrected chi connectivity index (χ2v) is 9.83. The van der Waals surface area contributed by atoms with Crippen molar-refractivity contribution in [2.75, 3.05) is 0 Å². The van der Waals surface area contributed by atoms with E-state index in [1.165, 1.54) is 0 Å². The Hall–Kier alpha value is -2.27. The van der Waals surface area contributed by atoms with Gasteiger partial charge in [0, 0.05) is 22.2 Å². The van der Waals surface area contributed by atoms with Crippen LogP contribution in [0.3, 0.4) is 0 Å². The summed E-state index contributed by atoms with van der Waals surface area (Å²) in [6.07, 6.45) is 0. The number of nitrogens with one attached hydrogen (secondary N) is 2.